The third-order valence-corrected chi connectivity index (χ3v) is 4.55. The summed E-state index contributed by atoms with van der Waals surface area (Å²) < 4.78 is 36.9. The smallest absolute Gasteiger partial charge is 0.353 e. The third-order valence-electron chi connectivity index (χ3n) is 4.55. The SMILES string of the molecule is CCC(CC)(CN)C(=O)NC1CCN(CC(F)(F)F)CC1.Cl. The van der Waals surface area contributed by atoms with Crippen LogP contribution in [0.1, 0.15) is 39.5 Å². The van der Waals surface area contributed by atoms with Gasteiger partial charge in [-0.05, 0) is 25.7 Å². The molecule has 0 atom stereocenters. The van der Waals surface area contributed by atoms with E-state index >= 15 is 0 Å². The highest BCUT2D eigenvalue weighted by Crippen LogP contribution is 2.26. The van der Waals surface area contributed by atoms with Gasteiger partial charge in [-0.25, -0.2) is 0 Å². The largest absolute Gasteiger partial charge is 0.401 e. The highest BCUT2D eigenvalue weighted by Gasteiger charge is 2.36. The fraction of sp³-hybridized carbons (Fsp3) is 0.929. The Labute approximate surface area is 136 Å². The average Bonchev–Trinajstić information content (AvgIpc) is 2.42. The maximum Gasteiger partial charge on any atom is 0.401 e. The molecule has 1 amide bonds. The molecule has 1 heterocycles. The van der Waals surface area contributed by atoms with Crippen molar-refractivity contribution in [2.75, 3.05) is 26.2 Å². The number of likely N-dealkylation sites (tertiary alicyclic amines) is 1. The molecule has 1 aliphatic rings. The Kier molecular flexibility index (Phi) is 8.72. The minimum atomic E-state index is -4.16. The van der Waals surface area contributed by atoms with E-state index in [0.717, 1.165) is 0 Å². The van der Waals surface area contributed by atoms with Gasteiger partial charge in [0.05, 0.1) is 12.0 Å². The molecule has 8 heteroatoms. The van der Waals surface area contributed by atoms with Crippen molar-refractivity contribution < 1.29 is 18.0 Å². The van der Waals surface area contributed by atoms with Crippen molar-refractivity contribution in [3.8, 4) is 0 Å². The van der Waals surface area contributed by atoms with Crippen molar-refractivity contribution in [1.82, 2.24) is 10.2 Å². The number of alkyl halides is 3. The number of rotatable bonds is 6. The lowest BCUT2D eigenvalue weighted by Crippen LogP contribution is -2.52. The Hall–Kier alpha value is -0.530. The summed E-state index contributed by atoms with van der Waals surface area (Å²) in [5.74, 6) is -0.0655. The van der Waals surface area contributed by atoms with E-state index in [2.05, 4.69) is 5.32 Å². The van der Waals surface area contributed by atoms with Crippen LogP contribution >= 0.6 is 12.4 Å². The number of piperidine rings is 1. The molecule has 0 aliphatic carbocycles. The van der Waals surface area contributed by atoms with E-state index in [1.165, 1.54) is 4.90 Å². The van der Waals surface area contributed by atoms with Crippen molar-refractivity contribution >= 4 is 18.3 Å². The summed E-state index contributed by atoms with van der Waals surface area (Å²) >= 11 is 0. The van der Waals surface area contributed by atoms with E-state index in [1.807, 2.05) is 13.8 Å². The summed E-state index contributed by atoms with van der Waals surface area (Å²) in [7, 11) is 0. The van der Waals surface area contributed by atoms with Crippen LogP contribution in [0.25, 0.3) is 0 Å². The standard InChI is InChI=1S/C14H26F3N3O.ClH/c1-3-13(4-2,9-18)12(21)19-11-5-7-20(8-6-11)10-14(15,16)17;/h11H,3-10,18H2,1-2H3,(H,19,21);1H. The molecule has 1 saturated heterocycles. The molecule has 0 aromatic carbocycles. The zero-order valence-corrected chi connectivity index (χ0v) is 14.0. The van der Waals surface area contributed by atoms with Crippen molar-refractivity contribution in [3.63, 3.8) is 0 Å². The van der Waals surface area contributed by atoms with Gasteiger partial charge in [-0.1, -0.05) is 13.8 Å². The number of nitrogens with two attached hydrogens (primary N) is 1. The number of hydrogen-bond acceptors (Lipinski definition) is 3. The molecule has 1 aliphatic heterocycles. The van der Waals surface area contributed by atoms with E-state index < -0.39 is 18.1 Å². The zero-order chi connectivity index (χ0) is 16.1. The van der Waals surface area contributed by atoms with Gasteiger partial charge in [0, 0.05) is 25.7 Å². The minimum Gasteiger partial charge on any atom is -0.353 e. The maximum atomic E-state index is 12.4. The van der Waals surface area contributed by atoms with Crippen LogP contribution in [0.2, 0.25) is 0 Å². The highest BCUT2D eigenvalue weighted by molar-refractivity contribution is 5.85. The van der Waals surface area contributed by atoms with Crippen molar-refractivity contribution in [1.29, 1.82) is 0 Å². The fourth-order valence-corrected chi connectivity index (χ4v) is 2.78. The second kappa shape index (κ2) is 8.93. The maximum absolute atomic E-state index is 12.4. The molecule has 0 aromatic heterocycles. The van der Waals surface area contributed by atoms with Crippen LogP contribution in [0.15, 0.2) is 0 Å². The molecule has 3 N–H and O–H groups in total. The molecule has 1 rings (SSSR count). The van der Waals surface area contributed by atoms with Gasteiger partial charge in [0.1, 0.15) is 0 Å². The first-order valence-electron chi connectivity index (χ1n) is 7.56. The van der Waals surface area contributed by atoms with Gasteiger partial charge in [-0.15, -0.1) is 12.4 Å². The molecular formula is C14H27ClF3N3O. The third kappa shape index (κ3) is 5.93. The molecule has 0 saturated carbocycles. The number of carbonyl (C=O) groups is 1. The Morgan fingerprint density at radius 2 is 1.73 bits per heavy atom. The van der Waals surface area contributed by atoms with Gasteiger partial charge >= 0.3 is 6.18 Å². The summed E-state index contributed by atoms with van der Waals surface area (Å²) in [5.41, 5.74) is 5.18. The average molecular weight is 346 g/mol. The number of nitrogens with one attached hydrogen (secondary N) is 1. The van der Waals surface area contributed by atoms with Gasteiger partial charge < -0.3 is 11.1 Å². The van der Waals surface area contributed by atoms with E-state index in [0.29, 0.717) is 45.3 Å². The van der Waals surface area contributed by atoms with Crippen LogP contribution in [-0.4, -0.2) is 49.2 Å². The number of amides is 1. The lowest BCUT2D eigenvalue weighted by molar-refractivity contribution is -0.149. The number of carbonyl (C=O) groups excluding carboxylic acids is 1. The lowest BCUT2D eigenvalue weighted by atomic mass is 9.81. The van der Waals surface area contributed by atoms with Crippen molar-refractivity contribution in [2.24, 2.45) is 11.1 Å². The molecule has 0 unspecified atom stereocenters. The summed E-state index contributed by atoms with van der Waals surface area (Å²) in [4.78, 5) is 13.7. The summed E-state index contributed by atoms with van der Waals surface area (Å²) in [5, 5.41) is 2.97. The molecule has 22 heavy (non-hydrogen) atoms. The van der Waals surface area contributed by atoms with Gasteiger partial charge in [0.25, 0.3) is 0 Å². The van der Waals surface area contributed by atoms with Crippen LogP contribution in [0, 0.1) is 5.41 Å². The Morgan fingerprint density at radius 3 is 2.09 bits per heavy atom. The quantitative estimate of drug-likeness (QED) is 0.776. The van der Waals surface area contributed by atoms with Crippen LogP contribution in [-0.2, 0) is 4.79 Å². The summed E-state index contributed by atoms with van der Waals surface area (Å²) in [6.45, 7) is 4.00. The Morgan fingerprint density at radius 1 is 1.23 bits per heavy atom. The first-order chi connectivity index (χ1) is 9.76. The first kappa shape index (κ1) is 21.5. The Bertz CT molecular complexity index is 332. The van der Waals surface area contributed by atoms with Crippen LogP contribution in [0.3, 0.4) is 0 Å². The van der Waals surface area contributed by atoms with Gasteiger partial charge in [0.2, 0.25) is 5.91 Å². The predicted octanol–water partition coefficient (Wildman–Crippen LogP) is 2.32. The number of hydrogen-bond donors (Lipinski definition) is 2. The van der Waals surface area contributed by atoms with Crippen LogP contribution in [0.4, 0.5) is 13.2 Å². The zero-order valence-electron chi connectivity index (χ0n) is 13.2. The van der Waals surface area contributed by atoms with E-state index in [-0.39, 0.29) is 24.4 Å². The molecule has 0 spiro atoms. The van der Waals surface area contributed by atoms with Gasteiger partial charge in [-0.2, -0.15) is 13.2 Å². The molecule has 0 bridgehead atoms. The predicted molar refractivity (Wildman–Crippen MR) is 83.0 cm³/mol. The highest BCUT2D eigenvalue weighted by atomic mass is 35.5. The monoisotopic (exact) mass is 345 g/mol. The van der Waals surface area contributed by atoms with Crippen molar-refractivity contribution in [2.45, 2.75) is 51.7 Å². The number of nitrogens with zero attached hydrogens (tertiary/aromatic N) is 1. The second-order valence-corrected chi connectivity index (χ2v) is 5.83. The van der Waals surface area contributed by atoms with E-state index in [1.54, 1.807) is 0 Å². The lowest BCUT2D eigenvalue weighted by Gasteiger charge is -2.35. The van der Waals surface area contributed by atoms with Gasteiger partial charge in [0.15, 0.2) is 0 Å². The normalized spacial score (nSPS) is 17.9. The van der Waals surface area contributed by atoms with Crippen molar-refractivity contribution in [3.05, 3.63) is 0 Å². The summed E-state index contributed by atoms with van der Waals surface area (Å²) in [6, 6.07) is -0.0500. The number of halogens is 4. The molecule has 132 valence electrons. The minimum absolute atomic E-state index is 0. The fourth-order valence-electron chi connectivity index (χ4n) is 2.78. The van der Waals surface area contributed by atoms with Crippen LogP contribution in [0.5, 0.6) is 0 Å². The molecular weight excluding hydrogens is 319 g/mol. The topological polar surface area (TPSA) is 58.4 Å². The first-order valence-corrected chi connectivity index (χ1v) is 7.56. The summed E-state index contributed by atoms with van der Waals surface area (Å²) in [6.07, 6.45) is -1.72. The molecule has 1 fully saturated rings. The van der Waals surface area contributed by atoms with Gasteiger partial charge in [-0.3, -0.25) is 9.69 Å². The Balaban J connectivity index is 0.00000441. The molecule has 0 aromatic rings. The van der Waals surface area contributed by atoms with E-state index in [4.69, 9.17) is 5.73 Å². The van der Waals surface area contributed by atoms with Crippen LogP contribution < -0.4 is 11.1 Å². The second-order valence-electron chi connectivity index (χ2n) is 5.83. The molecule has 0 radical (unpaired) electrons. The van der Waals surface area contributed by atoms with E-state index in [9.17, 15) is 18.0 Å². The molecule has 4 nitrogen and oxygen atoms in total.